The number of hydrogen-bond acceptors (Lipinski definition) is 3. The number of nitrogens with zero attached hydrogens (tertiary/aromatic N) is 1. The second-order valence-corrected chi connectivity index (χ2v) is 5.66. The minimum absolute atomic E-state index is 0. The number of morpholine rings is 1. The summed E-state index contributed by atoms with van der Waals surface area (Å²) in [5.74, 6) is 0. The largest absolute Gasteiger partial charge is 0.378 e. The van der Waals surface area contributed by atoms with Gasteiger partial charge < -0.3 is 15.4 Å². The summed E-state index contributed by atoms with van der Waals surface area (Å²) < 4.78 is 6.54. The molecule has 1 aliphatic rings. The first-order chi connectivity index (χ1) is 8.70. The summed E-state index contributed by atoms with van der Waals surface area (Å²) in [7, 11) is 0. The molecule has 0 saturated carbocycles. The van der Waals surface area contributed by atoms with Crippen LogP contribution >= 0.6 is 28.3 Å². The highest BCUT2D eigenvalue weighted by Crippen LogP contribution is 2.27. The maximum atomic E-state index is 6.09. The van der Waals surface area contributed by atoms with Crippen LogP contribution in [0.2, 0.25) is 0 Å². The van der Waals surface area contributed by atoms with Crippen molar-refractivity contribution in [3.63, 3.8) is 0 Å². The van der Waals surface area contributed by atoms with Crippen LogP contribution < -0.4 is 10.6 Å². The lowest BCUT2D eigenvalue weighted by Gasteiger charge is -2.31. The Bertz CT molecular complexity index is 397. The minimum Gasteiger partial charge on any atom is -0.378 e. The molecule has 1 unspecified atom stereocenters. The van der Waals surface area contributed by atoms with E-state index in [1.165, 1.54) is 11.3 Å². The molecule has 1 fully saturated rings. The van der Waals surface area contributed by atoms with Crippen molar-refractivity contribution < 1.29 is 4.74 Å². The highest BCUT2D eigenvalue weighted by molar-refractivity contribution is 9.10. The van der Waals surface area contributed by atoms with Gasteiger partial charge in [-0.25, -0.2) is 0 Å². The van der Waals surface area contributed by atoms with Gasteiger partial charge in [0.15, 0.2) is 0 Å². The summed E-state index contributed by atoms with van der Waals surface area (Å²) in [6, 6.07) is 6.72. The molecule has 3 nitrogen and oxygen atoms in total. The smallest absolute Gasteiger partial charge is 0.0642 e. The monoisotopic (exact) mass is 348 g/mol. The van der Waals surface area contributed by atoms with Crippen LogP contribution in [0.4, 0.5) is 5.69 Å². The quantitative estimate of drug-likeness (QED) is 0.908. The number of anilines is 1. The minimum atomic E-state index is 0. The molecule has 5 heteroatoms. The zero-order valence-electron chi connectivity index (χ0n) is 11.3. The standard InChI is InChI=1S/C14H21BrN2O.ClH/c1-2-13(16)9-11-3-4-12(15)10-14(11)17-5-7-18-8-6-17;/h3-4,10,13H,2,5-9,16H2,1H3;1H. The van der Waals surface area contributed by atoms with E-state index >= 15 is 0 Å². The van der Waals surface area contributed by atoms with Gasteiger partial charge in [-0.2, -0.15) is 0 Å². The van der Waals surface area contributed by atoms with Gasteiger partial charge in [0.2, 0.25) is 0 Å². The molecule has 0 bridgehead atoms. The van der Waals surface area contributed by atoms with Gasteiger partial charge in [-0.3, -0.25) is 0 Å². The van der Waals surface area contributed by atoms with E-state index in [4.69, 9.17) is 10.5 Å². The first-order valence-electron chi connectivity index (χ1n) is 6.57. The second kappa shape index (κ2) is 8.10. The Morgan fingerprint density at radius 3 is 2.68 bits per heavy atom. The van der Waals surface area contributed by atoms with Crippen molar-refractivity contribution in [2.45, 2.75) is 25.8 Å². The Morgan fingerprint density at radius 1 is 1.37 bits per heavy atom. The summed E-state index contributed by atoms with van der Waals surface area (Å²) in [5, 5.41) is 0. The van der Waals surface area contributed by atoms with Crippen LogP contribution in [-0.4, -0.2) is 32.3 Å². The van der Waals surface area contributed by atoms with Crippen LogP contribution in [0, 0.1) is 0 Å². The molecular formula is C14H22BrClN2O. The van der Waals surface area contributed by atoms with E-state index in [9.17, 15) is 0 Å². The maximum Gasteiger partial charge on any atom is 0.0642 e. The SMILES string of the molecule is CCC(N)Cc1ccc(Br)cc1N1CCOCC1.Cl. The summed E-state index contributed by atoms with van der Waals surface area (Å²) >= 11 is 3.56. The third-order valence-electron chi connectivity index (χ3n) is 3.41. The number of halogens is 2. The van der Waals surface area contributed by atoms with Crippen molar-refractivity contribution in [3.8, 4) is 0 Å². The van der Waals surface area contributed by atoms with Crippen molar-refractivity contribution in [1.82, 2.24) is 0 Å². The van der Waals surface area contributed by atoms with Gasteiger partial charge in [-0.05, 0) is 30.5 Å². The predicted octanol–water partition coefficient (Wildman–Crippen LogP) is 2.99. The molecule has 1 aliphatic heterocycles. The Hall–Kier alpha value is -0.290. The zero-order valence-corrected chi connectivity index (χ0v) is 13.7. The molecule has 1 saturated heterocycles. The Kier molecular flexibility index (Phi) is 7.15. The fraction of sp³-hybridized carbons (Fsp3) is 0.571. The number of rotatable bonds is 4. The van der Waals surface area contributed by atoms with E-state index in [2.05, 4.69) is 46.0 Å². The van der Waals surface area contributed by atoms with Gasteiger partial charge in [0, 0.05) is 29.3 Å². The van der Waals surface area contributed by atoms with Crippen LogP contribution in [0.1, 0.15) is 18.9 Å². The van der Waals surface area contributed by atoms with E-state index < -0.39 is 0 Å². The number of ether oxygens (including phenoxy) is 1. The van der Waals surface area contributed by atoms with Gasteiger partial charge in [0.1, 0.15) is 0 Å². The lowest BCUT2D eigenvalue weighted by Crippen LogP contribution is -2.37. The first-order valence-corrected chi connectivity index (χ1v) is 7.36. The average molecular weight is 350 g/mol. The van der Waals surface area contributed by atoms with Gasteiger partial charge in [-0.15, -0.1) is 12.4 Å². The van der Waals surface area contributed by atoms with Gasteiger partial charge in [0.25, 0.3) is 0 Å². The van der Waals surface area contributed by atoms with E-state index in [0.29, 0.717) is 0 Å². The topological polar surface area (TPSA) is 38.5 Å². The van der Waals surface area contributed by atoms with Crippen molar-refractivity contribution in [3.05, 3.63) is 28.2 Å². The summed E-state index contributed by atoms with van der Waals surface area (Å²) in [6.45, 7) is 5.69. The fourth-order valence-electron chi connectivity index (χ4n) is 2.24. The first kappa shape index (κ1) is 16.8. The maximum absolute atomic E-state index is 6.09. The molecule has 1 aromatic rings. The highest BCUT2D eigenvalue weighted by Gasteiger charge is 2.16. The van der Waals surface area contributed by atoms with E-state index in [0.717, 1.165) is 43.6 Å². The summed E-state index contributed by atoms with van der Waals surface area (Å²) in [4.78, 5) is 2.39. The Balaban J connectivity index is 0.00000180. The molecule has 0 radical (unpaired) electrons. The molecule has 2 N–H and O–H groups in total. The highest BCUT2D eigenvalue weighted by atomic mass is 79.9. The Labute approximate surface area is 130 Å². The van der Waals surface area contributed by atoms with E-state index in [-0.39, 0.29) is 18.4 Å². The third-order valence-corrected chi connectivity index (χ3v) is 3.90. The summed E-state index contributed by atoms with van der Waals surface area (Å²) in [6.07, 6.45) is 1.95. The van der Waals surface area contributed by atoms with Gasteiger partial charge >= 0.3 is 0 Å². The second-order valence-electron chi connectivity index (χ2n) is 4.74. The molecule has 0 amide bonds. The zero-order chi connectivity index (χ0) is 13.0. The molecule has 19 heavy (non-hydrogen) atoms. The number of nitrogens with two attached hydrogens (primary N) is 1. The molecule has 1 aromatic carbocycles. The van der Waals surface area contributed by atoms with Crippen molar-refractivity contribution in [2.75, 3.05) is 31.2 Å². The molecular weight excluding hydrogens is 328 g/mol. The molecule has 1 heterocycles. The predicted molar refractivity (Wildman–Crippen MR) is 86.4 cm³/mol. The lowest BCUT2D eigenvalue weighted by molar-refractivity contribution is 0.122. The molecule has 0 aliphatic carbocycles. The van der Waals surface area contributed by atoms with Crippen molar-refractivity contribution >= 4 is 34.0 Å². The summed E-state index contributed by atoms with van der Waals surface area (Å²) in [5.41, 5.74) is 8.73. The number of benzene rings is 1. The van der Waals surface area contributed by atoms with Crippen LogP contribution in [0.3, 0.4) is 0 Å². The van der Waals surface area contributed by atoms with Crippen molar-refractivity contribution in [1.29, 1.82) is 0 Å². The van der Waals surface area contributed by atoms with Crippen LogP contribution in [0.5, 0.6) is 0 Å². The van der Waals surface area contributed by atoms with E-state index in [1.54, 1.807) is 0 Å². The third kappa shape index (κ3) is 4.63. The lowest BCUT2D eigenvalue weighted by atomic mass is 10.0. The molecule has 108 valence electrons. The fourth-order valence-corrected chi connectivity index (χ4v) is 2.58. The Morgan fingerprint density at radius 2 is 2.05 bits per heavy atom. The van der Waals surface area contributed by atoms with Crippen LogP contribution in [0.25, 0.3) is 0 Å². The van der Waals surface area contributed by atoms with Crippen molar-refractivity contribution in [2.24, 2.45) is 5.73 Å². The van der Waals surface area contributed by atoms with E-state index in [1.807, 2.05) is 0 Å². The van der Waals surface area contributed by atoms with Gasteiger partial charge in [-0.1, -0.05) is 28.9 Å². The molecule has 0 aromatic heterocycles. The normalized spacial score (nSPS) is 16.9. The van der Waals surface area contributed by atoms with Gasteiger partial charge in [0.05, 0.1) is 13.2 Å². The number of hydrogen-bond donors (Lipinski definition) is 1. The molecule has 2 rings (SSSR count). The van der Waals surface area contributed by atoms with Crippen LogP contribution in [-0.2, 0) is 11.2 Å². The molecule has 1 atom stereocenters. The average Bonchev–Trinajstić information content (AvgIpc) is 2.41. The molecule has 0 spiro atoms. The van der Waals surface area contributed by atoms with Crippen LogP contribution in [0.15, 0.2) is 22.7 Å².